The number of rotatable bonds is 8. The average molecular weight is 527 g/mol. The number of hydrogen-bond donors (Lipinski definition) is 3. The number of thiazole rings is 1. The highest BCUT2D eigenvalue weighted by atomic mass is 127. The standard InChI is InChI=1S/C21H29N5OS.HI/c1-3-22-21(23-11-7-6-10-20-25-15(2)14-28-20)24-13-16-12-19(27)26-18-9-5-4-8-17(16)18;/h4-5,8-9,14,16H,3,6-7,10-13H2,1-2H3,(H,26,27)(H2,22,23,24);1H. The van der Waals surface area contributed by atoms with E-state index in [4.69, 9.17) is 4.99 Å². The third kappa shape index (κ3) is 7.26. The van der Waals surface area contributed by atoms with Crippen molar-refractivity contribution >= 4 is 52.9 Å². The number of carbonyl (C=O) groups is 1. The van der Waals surface area contributed by atoms with E-state index in [9.17, 15) is 4.79 Å². The van der Waals surface area contributed by atoms with Gasteiger partial charge in [0.15, 0.2) is 5.96 Å². The Balaban J connectivity index is 0.00000300. The Morgan fingerprint density at radius 3 is 2.90 bits per heavy atom. The Labute approximate surface area is 194 Å². The topological polar surface area (TPSA) is 78.4 Å². The van der Waals surface area contributed by atoms with Crippen LogP contribution in [0.4, 0.5) is 5.69 Å². The summed E-state index contributed by atoms with van der Waals surface area (Å²) in [4.78, 5) is 21.2. The number of hydrogen-bond acceptors (Lipinski definition) is 4. The van der Waals surface area contributed by atoms with Crippen LogP contribution in [0.3, 0.4) is 0 Å². The van der Waals surface area contributed by atoms with E-state index >= 15 is 0 Å². The van der Waals surface area contributed by atoms with Crippen LogP contribution in [0.2, 0.25) is 0 Å². The minimum Gasteiger partial charge on any atom is -0.357 e. The second-order valence-corrected chi connectivity index (χ2v) is 7.97. The normalized spacial score (nSPS) is 15.9. The Morgan fingerprint density at radius 1 is 1.31 bits per heavy atom. The zero-order chi connectivity index (χ0) is 19.8. The van der Waals surface area contributed by atoms with E-state index in [1.54, 1.807) is 11.3 Å². The Bertz CT molecular complexity index is 823. The predicted molar refractivity (Wildman–Crippen MR) is 132 cm³/mol. The lowest BCUT2D eigenvalue weighted by Crippen LogP contribution is -2.38. The lowest BCUT2D eigenvalue weighted by atomic mass is 9.91. The number of halogens is 1. The zero-order valence-corrected chi connectivity index (χ0v) is 20.2. The predicted octanol–water partition coefficient (Wildman–Crippen LogP) is 4.07. The lowest BCUT2D eigenvalue weighted by molar-refractivity contribution is -0.116. The molecule has 1 aliphatic rings. The number of amides is 1. The van der Waals surface area contributed by atoms with Crippen LogP contribution in [0.5, 0.6) is 0 Å². The number of aryl methyl sites for hydroxylation is 2. The summed E-state index contributed by atoms with van der Waals surface area (Å²) in [6.07, 6.45) is 3.68. The first-order valence-electron chi connectivity index (χ1n) is 9.97. The number of benzene rings is 1. The number of guanidine groups is 1. The number of anilines is 1. The maximum atomic E-state index is 12.0. The van der Waals surface area contributed by atoms with Crippen molar-refractivity contribution in [2.45, 2.75) is 45.4 Å². The molecule has 29 heavy (non-hydrogen) atoms. The van der Waals surface area contributed by atoms with Gasteiger partial charge in [-0.15, -0.1) is 35.3 Å². The lowest BCUT2D eigenvalue weighted by Gasteiger charge is -2.24. The molecule has 1 aromatic heterocycles. The highest BCUT2D eigenvalue weighted by molar-refractivity contribution is 14.0. The molecule has 0 bridgehead atoms. The van der Waals surface area contributed by atoms with Crippen LogP contribution in [-0.2, 0) is 11.2 Å². The van der Waals surface area contributed by atoms with Crippen molar-refractivity contribution in [1.29, 1.82) is 0 Å². The molecule has 0 fully saturated rings. The summed E-state index contributed by atoms with van der Waals surface area (Å²) in [6, 6.07) is 8.00. The summed E-state index contributed by atoms with van der Waals surface area (Å²) in [5.74, 6) is 0.999. The first kappa shape index (κ1) is 23.6. The molecule has 0 radical (unpaired) electrons. The molecule has 6 nitrogen and oxygen atoms in total. The number of aliphatic imine (C=N–C) groups is 1. The van der Waals surface area contributed by atoms with Crippen molar-refractivity contribution in [3.63, 3.8) is 0 Å². The van der Waals surface area contributed by atoms with Gasteiger partial charge in [0, 0.05) is 42.2 Å². The molecule has 0 spiro atoms. The number of para-hydroxylation sites is 1. The van der Waals surface area contributed by atoms with E-state index in [2.05, 4.69) is 39.3 Å². The summed E-state index contributed by atoms with van der Waals surface area (Å²) in [5.41, 5.74) is 3.19. The van der Waals surface area contributed by atoms with Gasteiger partial charge in [-0.3, -0.25) is 9.79 Å². The van der Waals surface area contributed by atoms with Gasteiger partial charge in [-0.25, -0.2) is 4.98 Å². The van der Waals surface area contributed by atoms with Gasteiger partial charge < -0.3 is 16.0 Å². The van der Waals surface area contributed by atoms with E-state index in [0.29, 0.717) is 13.0 Å². The smallest absolute Gasteiger partial charge is 0.225 e. The largest absolute Gasteiger partial charge is 0.357 e. The Kier molecular flexibility index (Phi) is 9.86. The summed E-state index contributed by atoms with van der Waals surface area (Å²) in [5, 5.41) is 13.0. The van der Waals surface area contributed by atoms with Crippen LogP contribution in [0.15, 0.2) is 34.6 Å². The average Bonchev–Trinajstić information content (AvgIpc) is 3.10. The second kappa shape index (κ2) is 12.1. The number of unbranched alkanes of at least 4 members (excludes halogenated alkanes) is 1. The van der Waals surface area contributed by atoms with Crippen molar-refractivity contribution < 1.29 is 4.79 Å². The Hall–Kier alpha value is -1.68. The van der Waals surface area contributed by atoms with E-state index < -0.39 is 0 Å². The van der Waals surface area contributed by atoms with Crippen LogP contribution < -0.4 is 16.0 Å². The Morgan fingerprint density at radius 2 is 2.14 bits per heavy atom. The zero-order valence-electron chi connectivity index (χ0n) is 17.0. The maximum absolute atomic E-state index is 12.0. The first-order valence-corrected chi connectivity index (χ1v) is 10.9. The van der Waals surface area contributed by atoms with Gasteiger partial charge in [0.05, 0.1) is 11.6 Å². The highest BCUT2D eigenvalue weighted by Gasteiger charge is 2.24. The van der Waals surface area contributed by atoms with E-state index in [0.717, 1.165) is 49.7 Å². The van der Waals surface area contributed by atoms with E-state index in [1.165, 1.54) is 10.6 Å². The molecule has 3 rings (SSSR count). The molecule has 0 aliphatic carbocycles. The molecule has 1 atom stereocenters. The molecule has 1 amide bonds. The van der Waals surface area contributed by atoms with Crippen LogP contribution >= 0.6 is 35.3 Å². The maximum Gasteiger partial charge on any atom is 0.225 e. The number of aromatic nitrogens is 1. The van der Waals surface area contributed by atoms with Crippen LogP contribution in [0.1, 0.15) is 48.4 Å². The SMILES string of the molecule is CCNC(=NCC1CC(=O)Nc2ccccc21)NCCCCc1nc(C)cs1.I. The molecule has 3 N–H and O–H groups in total. The number of carbonyl (C=O) groups excluding carboxylic acids is 1. The molecule has 1 aliphatic heterocycles. The van der Waals surface area contributed by atoms with Crippen LogP contribution in [-0.4, -0.2) is 36.5 Å². The van der Waals surface area contributed by atoms with Gasteiger partial charge in [0.2, 0.25) is 5.91 Å². The molecule has 1 unspecified atom stereocenters. The van der Waals surface area contributed by atoms with Gasteiger partial charge in [-0.1, -0.05) is 18.2 Å². The minimum atomic E-state index is 0. The first-order chi connectivity index (χ1) is 13.7. The van der Waals surface area contributed by atoms with Crippen molar-refractivity contribution in [2.75, 3.05) is 25.0 Å². The van der Waals surface area contributed by atoms with Crippen molar-refractivity contribution in [3.8, 4) is 0 Å². The molecule has 2 heterocycles. The highest BCUT2D eigenvalue weighted by Crippen LogP contribution is 2.31. The molecule has 8 heteroatoms. The monoisotopic (exact) mass is 527 g/mol. The van der Waals surface area contributed by atoms with E-state index in [-0.39, 0.29) is 35.8 Å². The van der Waals surface area contributed by atoms with Gasteiger partial charge in [-0.2, -0.15) is 0 Å². The number of nitrogens with one attached hydrogen (secondary N) is 3. The molecule has 0 saturated carbocycles. The van der Waals surface area contributed by atoms with E-state index in [1.807, 2.05) is 25.1 Å². The summed E-state index contributed by atoms with van der Waals surface area (Å²) < 4.78 is 0. The van der Waals surface area contributed by atoms with Gasteiger partial charge in [-0.05, 0) is 44.7 Å². The van der Waals surface area contributed by atoms with Crippen LogP contribution in [0, 0.1) is 6.92 Å². The summed E-state index contributed by atoms with van der Waals surface area (Å²) in [7, 11) is 0. The minimum absolute atomic E-state index is 0. The van der Waals surface area contributed by atoms with Gasteiger partial charge in [0.1, 0.15) is 0 Å². The molecular formula is C21H30IN5OS. The fourth-order valence-corrected chi connectivity index (χ4v) is 4.15. The molecular weight excluding hydrogens is 497 g/mol. The quantitative estimate of drug-likeness (QED) is 0.209. The molecule has 2 aromatic rings. The molecule has 0 saturated heterocycles. The van der Waals surface area contributed by atoms with Crippen LogP contribution in [0.25, 0.3) is 0 Å². The third-order valence-electron chi connectivity index (χ3n) is 4.70. The van der Waals surface area contributed by atoms with Gasteiger partial charge >= 0.3 is 0 Å². The van der Waals surface area contributed by atoms with Gasteiger partial charge in [0.25, 0.3) is 0 Å². The number of nitrogens with zero attached hydrogens (tertiary/aromatic N) is 2. The van der Waals surface area contributed by atoms with Crippen molar-refractivity contribution in [3.05, 3.63) is 45.9 Å². The summed E-state index contributed by atoms with van der Waals surface area (Å²) >= 11 is 1.74. The fourth-order valence-electron chi connectivity index (χ4n) is 3.33. The molecule has 158 valence electrons. The summed E-state index contributed by atoms with van der Waals surface area (Å²) in [6.45, 7) is 6.38. The molecule has 1 aromatic carbocycles. The second-order valence-electron chi connectivity index (χ2n) is 7.02. The fraction of sp³-hybridized carbons (Fsp3) is 0.476. The van der Waals surface area contributed by atoms with Crippen molar-refractivity contribution in [1.82, 2.24) is 15.6 Å². The number of fused-ring (bicyclic) bond motifs is 1. The third-order valence-corrected chi connectivity index (χ3v) is 5.72. The van der Waals surface area contributed by atoms with Crippen molar-refractivity contribution in [2.24, 2.45) is 4.99 Å².